The molecule has 0 aliphatic heterocycles. The van der Waals surface area contributed by atoms with E-state index in [0.29, 0.717) is 5.56 Å². The number of rotatable bonds is 1. The van der Waals surface area contributed by atoms with Gasteiger partial charge in [0.15, 0.2) is 0 Å². The Hall–Kier alpha value is -2.41. The predicted octanol–water partition coefficient (Wildman–Crippen LogP) is 5.56. The summed E-state index contributed by atoms with van der Waals surface area (Å²) < 4.78 is 13.9. The third-order valence-electron chi connectivity index (χ3n) is 5.23. The van der Waals surface area contributed by atoms with Crippen LogP contribution in [0.2, 0.25) is 0 Å². The van der Waals surface area contributed by atoms with Crippen molar-refractivity contribution in [3.05, 3.63) is 46.9 Å². The van der Waals surface area contributed by atoms with Crippen molar-refractivity contribution in [3.63, 3.8) is 0 Å². The number of hydrogen-bond donors (Lipinski definition) is 1. The van der Waals surface area contributed by atoms with Crippen LogP contribution in [-0.4, -0.2) is 4.98 Å². The molecule has 0 amide bonds. The van der Waals surface area contributed by atoms with Crippen molar-refractivity contribution in [2.75, 3.05) is 5.73 Å². The highest BCUT2D eigenvalue weighted by Gasteiger charge is 2.20. The summed E-state index contributed by atoms with van der Waals surface area (Å²) in [5, 5.41) is 9.68. The lowest BCUT2D eigenvalue weighted by Crippen LogP contribution is -2.09. The molecule has 1 aromatic heterocycles. The maximum atomic E-state index is 13.9. The van der Waals surface area contributed by atoms with E-state index < -0.39 is 0 Å². The molecule has 3 nitrogen and oxygen atoms in total. The van der Waals surface area contributed by atoms with Crippen LogP contribution in [0.4, 0.5) is 10.2 Å². The second-order valence-electron chi connectivity index (χ2n) is 7.12. The lowest BCUT2D eigenvalue weighted by Gasteiger charge is -2.18. The Labute approximate surface area is 155 Å². The summed E-state index contributed by atoms with van der Waals surface area (Å²) in [6.07, 6.45) is 11.4. The molecule has 1 aliphatic carbocycles. The Morgan fingerprint density at radius 3 is 2.27 bits per heavy atom. The van der Waals surface area contributed by atoms with Crippen LogP contribution < -0.4 is 5.73 Å². The molecule has 136 valence electrons. The van der Waals surface area contributed by atoms with Crippen LogP contribution in [-0.2, 0) is 12.8 Å². The fourth-order valence-electron chi connectivity index (χ4n) is 3.90. The second-order valence-corrected chi connectivity index (χ2v) is 7.12. The van der Waals surface area contributed by atoms with Gasteiger partial charge in [0.2, 0.25) is 0 Å². The van der Waals surface area contributed by atoms with Crippen LogP contribution in [0.5, 0.6) is 0 Å². The van der Waals surface area contributed by atoms with Gasteiger partial charge in [0.25, 0.3) is 0 Å². The van der Waals surface area contributed by atoms with Gasteiger partial charge in [-0.25, -0.2) is 9.37 Å². The molecule has 1 heterocycles. The first-order valence-electron chi connectivity index (χ1n) is 9.68. The van der Waals surface area contributed by atoms with E-state index in [0.717, 1.165) is 48.1 Å². The first-order valence-corrected chi connectivity index (χ1v) is 9.68. The van der Waals surface area contributed by atoms with Crippen molar-refractivity contribution < 1.29 is 4.39 Å². The molecule has 0 atom stereocenters. The van der Waals surface area contributed by atoms with Crippen molar-refractivity contribution >= 4 is 5.82 Å². The summed E-state index contributed by atoms with van der Waals surface area (Å²) in [5.74, 6) is -0.0405. The number of nitriles is 1. The molecule has 1 aliphatic rings. The van der Waals surface area contributed by atoms with E-state index in [2.05, 4.69) is 11.1 Å². The number of fused-ring (bicyclic) bond motifs is 1. The van der Waals surface area contributed by atoms with E-state index in [1.165, 1.54) is 50.7 Å². The molecule has 3 rings (SSSR count). The van der Waals surface area contributed by atoms with Crippen molar-refractivity contribution in [3.8, 4) is 17.2 Å². The zero-order chi connectivity index (χ0) is 18.4. The molecule has 0 unspecified atom stereocenters. The molecule has 0 fully saturated rings. The van der Waals surface area contributed by atoms with Gasteiger partial charge in [0.05, 0.1) is 0 Å². The monoisotopic (exact) mass is 351 g/mol. The Balaban J connectivity index is 2.12. The summed E-state index contributed by atoms with van der Waals surface area (Å²) in [6.45, 7) is 0. The summed E-state index contributed by atoms with van der Waals surface area (Å²) in [5.41, 5.74) is 10.1. The maximum Gasteiger partial charge on any atom is 0.142 e. The second kappa shape index (κ2) is 8.80. The Morgan fingerprint density at radius 2 is 1.62 bits per heavy atom. The molecular formula is C22H26FN3. The highest BCUT2D eigenvalue weighted by atomic mass is 19.1. The smallest absolute Gasteiger partial charge is 0.142 e. The van der Waals surface area contributed by atoms with E-state index >= 15 is 0 Å². The molecular weight excluding hydrogens is 325 g/mol. The topological polar surface area (TPSA) is 62.7 Å². The number of aromatic nitrogens is 1. The number of pyridine rings is 1. The molecule has 1 aromatic carbocycles. The molecule has 0 radical (unpaired) electrons. The number of aryl methyl sites for hydroxylation is 1. The molecule has 2 N–H and O–H groups in total. The van der Waals surface area contributed by atoms with Gasteiger partial charge in [-0.2, -0.15) is 5.26 Å². The van der Waals surface area contributed by atoms with Gasteiger partial charge < -0.3 is 5.73 Å². The number of benzene rings is 1. The zero-order valence-corrected chi connectivity index (χ0v) is 15.2. The van der Waals surface area contributed by atoms with E-state index in [9.17, 15) is 9.65 Å². The Kier molecular flexibility index (Phi) is 6.22. The van der Waals surface area contributed by atoms with Crippen molar-refractivity contribution in [2.45, 2.75) is 64.2 Å². The lowest BCUT2D eigenvalue weighted by atomic mass is 9.89. The van der Waals surface area contributed by atoms with Crippen LogP contribution >= 0.6 is 0 Å². The van der Waals surface area contributed by atoms with Gasteiger partial charge in [-0.1, -0.05) is 50.7 Å². The Morgan fingerprint density at radius 1 is 0.962 bits per heavy atom. The van der Waals surface area contributed by atoms with Crippen LogP contribution in [0.3, 0.4) is 0 Å². The highest BCUT2D eigenvalue weighted by molar-refractivity contribution is 5.79. The van der Waals surface area contributed by atoms with Gasteiger partial charge in [-0.05, 0) is 48.9 Å². The standard InChI is InChI=1S/C22H26FN3/c23-17-11-9-10-16(14-17)21-18-12-7-5-3-1-2-4-6-8-13-20(18)26-22(25)19(21)15-24/h9-11,14H,1-8,12-13H2,(H2,25,26). The van der Waals surface area contributed by atoms with Crippen LogP contribution in [0, 0.1) is 17.1 Å². The normalized spacial score (nSPS) is 16.0. The zero-order valence-electron chi connectivity index (χ0n) is 15.2. The number of halogens is 1. The number of nitrogen functional groups attached to an aromatic ring is 1. The Bertz CT molecular complexity index is 808. The highest BCUT2D eigenvalue weighted by Crippen LogP contribution is 2.34. The SMILES string of the molecule is N#Cc1c(N)nc2c(c1-c1cccc(F)c1)CCCCCCCCCC2. The average Bonchev–Trinajstić information content (AvgIpc) is 2.62. The minimum Gasteiger partial charge on any atom is -0.383 e. The first-order chi connectivity index (χ1) is 12.7. The van der Waals surface area contributed by atoms with E-state index in [4.69, 9.17) is 5.73 Å². The minimum absolute atomic E-state index is 0.262. The van der Waals surface area contributed by atoms with E-state index in [1.807, 2.05) is 6.07 Å². The van der Waals surface area contributed by atoms with Crippen molar-refractivity contribution in [1.82, 2.24) is 4.98 Å². The van der Waals surface area contributed by atoms with Gasteiger partial charge in [0.1, 0.15) is 23.3 Å². The summed E-state index contributed by atoms with van der Waals surface area (Å²) in [7, 11) is 0. The van der Waals surface area contributed by atoms with Crippen molar-refractivity contribution in [2.24, 2.45) is 0 Å². The molecule has 0 spiro atoms. The number of anilines is 1. The van der Waals surface area contributed by atoms with Crippen LogP contribution in [0.1, 0.15) is 68.2 Å². The molecule has 0 saturated heterocycles. The summed E-state index contributed by atoms with van der Waals surface area (Å²) >= 11 is 0. The number of nitrogens with two attached hydrogens (primary N) is 1. The molecule has 4 heteroatoms. The lowest BCUT2D eigenvalue weighted by molar-refractivity contribution is 0.557. The molecule has 2 aromatic rings. The third kappa shape index (κ3) is 4.22. The first kappa shape index (κ1) is 18.4. The van der Waals surface area contributed by atoms with Crippen molar-refractivity contribution in [1.29, 1.82) is 5.26 Å². The van der Waals surface area contributed by atoms with Gasteiger partial charge >= 0.3 is 0 Å². The fourth-order valence-corrected chi connectivity index (χ4v) is 3.90. The fraction of sp³-hybridized carbons (Fsp3) is 0.455. The summed E-state index contributed by atoms with van der Waals surface area (Å²) in [4.78, 5) is 4.58. The van der Waals surface area contributed by atoms with E-state index in [-0.39, 0.29) is 11.6 Å². The van der Waals surface area contributed by atoms with Crippen LogP contribution in [0.15, 0.2) is 24.3 Å². The predicted molar refractivity (Wildman–Crippen MR) is 103 cm³/mol. The number of nitrogens with zero attached hydrogens (tertiary/aromatic N) is 2. The number of hydrogen-bond acceptors (Lipinski definition) is 3. The van der Waals surface area contributed by atoms with Gasteiger partial charge in [-0.15, -0.1) is 0 Å². The largest absolute Gasteiger partial charge is 0.383 e. The summed E-state index contributed by atoms with van der Waals surface area (Å²) in [6, 6.07) is 8.66. The van der Waals surface area contributed by atoms with Gasteiger partial charge in [0, 0.05) is 11.3 Å². The maximum absolute atomic E-state index is 13.9. The van der Waals surface area contributed by atoms with Crippen LogP contribution in [0.25, 0.3) is 11.1 Å². The quantitative estimate of drug-likeness (QED) is 0.731. The van der Waals surface area contributed by atoms with E-state index in [1.54, 1.807) is 6.07 Å². The average molecular weight is 351 g/mol. The molecule has 0 saturated carbocycles. The molecule has 26 heavy (non-hydrogen) atoms. The third-order valence-corrected chi connectivity index (χ3v) is 5.23. The van der Waals surface area contributed by atoms with Gasteiger partial charge in [-0.3, -0.25) is 0 Å². The molecule has 0 bridgehead atoms. The minimum atomic E-state index is -0.302.